The maximum Gasteiger partial charge on any atom is 0.262 e. The van der Waals surface area contributed by atoms with Crippen LogP contribution in [0.4, 0.5) is 5.69 Å². The number of sulfonamides is 1. The molecule has 1 N–H and O–H groups in total. The van der Waals surface area contributed by atoms with Crippen molar-refractivity contribution in [1.29, 1.82) is 0 Å². The number of aromatic nitrogens is 2. The summed E-state index contributed by atoms with van der Waals surface area (Å²) in [6.45, 7) is 8.17. The molecule has 0 fully saturated rings. The second kappa shape index (κ2) is 5.28. The molecule has 0 bridgehead atoms. The van der Waals surface area contributed by atoms with Crippen molar-refractivity contribution in [2.45, 2.75) is 39.1 Å². The minimum Gasteiger partial charge on any atom is -0.276 e. The van der Waals surface area contributed by atoms with E-state index in [2.05, 4.69) is 9.82 Å². The lowest BCUT2D eigenvalue weighted by Gasteiger charge is -2.10. The van der Waals surface area contributed by atoms with Crippen LogP contribution in [0.2, 0.25) is 0 Å². The van der Waals surface area contributed by atoms with Crippen molar-refractivity contribution in [3.63, 3.8) is 0 Å². The van der Waals surface area contributed by atoms with Crippen LogP contribution < -0.4 is 4.72 Å². The Labute approximate surface area is 119 Å². The first-order chi connectivity index (χ1) is 9.33. The maximum atomic E-state index is 12.4. The van der Waals surface area contributed by atoms with Crippen molar-refractivity contribution >= 4 is 15.7 Å². The fourth-order valence-electron chi connectivity index (χ4n) is 2.08. The summed E-state index contributed by atoms with van der Waals surface area (Å²) >= 11 is 0. The summed E-state index contributed by atoms with van der Waals surface area (Å²) in [6.07, 6.45) is 1.70. The number of nitrogens with zero attached hydrogens (tertiary/aromatic N) is 2. The van der Waals surface area contributed by atoms with Gasteiger partial charge in [-0.1, -0.05) is 17.7 Å². The second-order valence-corrected chi connectivity index (χ2v) is 6.51. The first-order valence-corrected chi connectivity index (χ1v) is 7.96. The highest BCUT2D eigenvalue weighted by Crippen LogP contribution is 2.21. The first kappa shape index (κ1) is 14.6. The van der Waals surface area contributed by atoms with Gasteiger partial charge in [0.25, 0.3) is 10.0 Å². The van der Waals surface area contributed by atoms with Gasteiger partial charge in [0.15, 0.2) is 0 Å². The van der Waals surface area contributed by atoms with Gasteiger partial charge in [-0.2, -0.15) is 5.10 Å². The van der Waals surface area contributed by atoms with E-state index in [1.807, 2.05) is 19.9 Å². The van der Waals surface area contributed by atoms with Gasteiger partial charge in [-0.25, -0.2) is 8.42 Å². The summed E-state index contributed by atoms with van der Waals surface area (Å²) in [4.78, 5) is 0.298. The molecule has 2 rings (SSSR count). The minimum atomic E-state index is -3.58. The number of hydrogen-bond acceptors (Lipinski definition) is 3. The number of anilines is 1. The quantitative estimate of drug-likeness (QED) is 0.942. The van der Waals surface area contributed by atoms with Gasteiger partial charge >= 0.3 is 0 Å². The van der Waals surface area contributed by atoms with Crippen molar-refractivity contribution in [3.05, 3.63) is 41.2 Å². The van der Waals surface area contributed by atoms with Gasteiger partial charge in [-0.15, -0.1) is 0 Å². The lowest BCUT2D eigenvalue weighted by atomic mass is 10.2. The molecule has 6 heteroatoms. The average molecular weight is 293 g/mol. The number of hydrogen-bond donors (Lipinski definition) is 1. The molecule has 0 aliphatic carbocycles. The van der Waals surface area contributed by atoms with Gasteiger partial charge in [0.05, 0.1) is 16.3 Å². The van der Waals surface area contributed by atoms with E-state index in [1.54, 1.807) is 36.9 Å². The summed E-state index contributed by atoms with van der Waals surface area (Å²) in [5.41, 5.74) is 2.96. The van der Waals surface area contributed by atoms with Crippen LogP contribution >= 0.6 is 0 Å². The van der Waals surface area contributed by atoms with Crippen LogP contribution in [-0.2, 0) is 16.6 Å². The van der Waals surface area contributed by atoms with E-state index in [0.29, 0.717) is 22.8 Å². The van der Waals surface area contributed by atoms with Crippen molar-refractivity contribution in [2.24, 2.45) is 0 Å². The van der Waals surface area contributed by atoms with E-state index < -0.39 is 10.0 Å². The molecule has 1 aromatic heterocycles. The van der Waals surface area contributed by atoms with E-state index in [9.17, 15) is 8.42 Å². The van der Waals surface area contributed by atoms with Crippen LogP contribution in [-0.4, -0.2) is 18.2 Å². The molecule has 20 heavy (non-hydrogen) atoms. The third-order valence-electron chi connectivity index (χ3n) is 3.13. The van der Waals surface area contributed by atoms with Gasteiger partial charge in [0, 0.05) is 12.7 Å². The molecule has 0 aliphatic rings. The van der Waals surface area contributed by atoms with Gasteiger partial charge in [-0.3, -0.25) is 9.40 Å². The van der Waals surface area contributed by atoms with Gasteiger partial charge < -0.3 is 0 Å². The molecule has 0 saturated carbocycles. The third kappa shape index (κ3) is 2.85. The molecular weight excluding hydrogens is 274 g/mol. The molecule has 1 heterocycles. The summed E-state index contributed by atoms with van der Waals surface area (Å²) in [7, 11) is -3.58. The number of benzene rings is 1. The van der Waals surface area contributed by atoms with Crippen molar-refractivity contribution in [1.82, 2.24) is 9.78 Å². The predicted octanol–water partition coefficient (Wildman–Crippen LogP) is 2.63. The lowest BCUT2D eigenvalue weighted by molar-refractivity contribution is 0.600. The van der Waals surface area contributed by atoms with Crippen molar-refractivity contribution < 1.29 is 8.42 Å². The number of rotatable bonds is 4. The summed E-state index contributed by atoms with van der Waals surface area (Å²) < 4.78 is 29.2. The Morgan fingerprint density at radius 3 is 2.50 bits per heavy atom. The van der Waals surface area contributed by atoms with Gasteiger partial charge in [-0.05, 0) is 39.3 Å². The molecule has 5 nitrogen and oxygen atoms in total. The molecule has 0 unspecified atom stereocenters. The zero-order valence-electron chi connectivity index (χ0n) is 12.1. The molecule has 0 spiro atoms. The Hall–Kier alpha value is -1.82. The minimum absolute atomic E-state index is 0.298. The highest BCUT2D eigenvalue weighted by Gasteiger charge is 2.19. The van der Waals surface area contributed by atoms with Crippen LogP contribution in [0.5, 0.6) is 0 Å². The molecular formula is C14H19N3O2S. The fourth-order valence-corrected chi connectivity index (χ4v) is 3.41. The van der Waals surface area contributed by atoms with Crippen LogP contribution in [0.25, 0.3) is 0 Å². The largest absolute Gasteiger partial charge is 0.276 e. The summed E-state index contributed by atoms with van der Waals surface area (Å²) in [6, 6.07) is 5.29. The molecule has 2 aromatic rings. The Morgan fingerprint density at radius 2 is 1.95 bits per heavy atom. The highest BCUT2D eigenvalue weighted by molar-refractivity contribution is 7.92. The van der Waals surface area contributed by atoms with Crippen molar-refractivity contribution in [2.75, 3.05) is 4.72 Å². The van der Waals surface area contributed by atoms with E-state index in [0.717, 1.165) is 11.1 Å². The Balaban J connectivity index is 2.38. The monoisotopic (exact) mass is 293 g/mol. The average Bonchev–Trinajstić information content (AvgIpc) is 2.69. The second-order valence-electron chi connectivity index (χ2n) is 4.86. The maximum absolute atomic E-state index is 12.4. The molecule has 108 valence electrons. The zero-order valence-corrected chi connectivity index (χ0v) is 13.0. The first-order valence-electron chi connectivity index (χ1n) is 6.47. The summed E-state index contributed by atoms with van der Waals surface area (Å²) in [5.74, 6) is 0. The molecule has 1 aromatic carbocycles. The highest BCUT2D eigenvalue weighted by atomic mass is 32.2. The molecule has 0 saturated heterocycles. The Morgan fingerprint density at radius 1 is 1.25 bits per heavy atom. The SMILES string of the molecule is CCn1cc(NS(=O)(=O)c2ccc(C)cc2C)c(C)n1. The Bertz CT molecular complexity index is 733. The van der Waals surface area contributed by atoms with Gasteiger partial charge in [0.2, 0.25) is 0 Å². The number of aryl methyl sites for hydroxylation is 4. The topological polar surface area (TPSA) is 64.0 Å². The van der Waals surface area contributed by atoms with Crippen LogP contribution in [0.1, 0.15) is 23.7 Å². The van der Waals surface area contributed by atoms with E-state index >= 15 is 0 Å². The number of nitrogens with one attached hydrogen (secondary N) is 1. The van der Waals surface area contributed by atoms with E-state index in [1.165, 1.54) is 0 Å². The Kier molecular flexibility index (Phi) is 3.85. The van der Waals surface area contributed by atoms with Gasteiger partial charge in [0.1, 0.15) is 0 Å². The zero-order chi connectivity index (χ0) is 14.9. The predicted molar refractivity (Wildman–Crippen MR) is 79.4 cm³/mol. The molecule has 0 radical (unpaired) electrons. The molecule has 0 atom stereocenters. The van der Waals surface area contributed by atoms with Crippen LogP contribution in [0.3, 0.4) is 0 Å². The third-order valence-corrected chi connectivity index (χ3v) is 4.66. The molecule has 0 amide bonds. The molecule has 0 aliphatic heterocycles. The van der Waals surface area contributed by atoms with E-state index in [4.69, 9.17) is 0 Å². The smallest absolute Gasteiger partial charge is 0.262 e. The lowest BCUT2D eigenvalue weighted by Crippen LogP contribution is -2.14. The van der Waals surface area contributed by atoms with Crippen LogP contribution in [0.15, 0.2) is 29.3 Å². The van der Waals surface area contributed by atoms with E-state index in [-0.39, 0.29) is 0 Å². The fraction of sp³-hybridized carbons (Fsp3) is 0.357. The summed E-state index contributed by atoms with van der Waals surface area (Å²) in [5, 5.41) is 4.23. The van der Waals surface area contributed by atoms with Crippen molar-refractivity contribution in [3.8, 4) is 0 Å². The van der Waals surface area contributed by atoms with Crippen LogP contribution in [0, 0.1) is 20.8 Å². The normalized spacial score (nSPS) is 11.6. The standard InChI is InChI=1S/C14H19N3O2S/c1-5-17-9-13(12(4)15-17)16-20(18,19)14-7-6-10(2)8-11(14)3/h6-9,16H,5H2,1-4H3.